The fourth-order valence-electron chi connectivity index (χ4n) is 0.957. The van der Waals surface area contributed by atoms with E-state index >= 15 is 0 Å². The van der Waals surface area contributed by atoms with Crippen molar-refractivity contribution >= 4 is 21.9 Å². The van der Waals surface area contributed by atoms with Crippen molar-refractivity contribution in [3.05, 3.63) is 28.2 Å². The van der Waals surface area contributed by atoms with Crippen molar-refractivity contribution in [3.63, 3.8) is 0 Å². The van der Waals surface area contributed by atoms with Gasteiger partial charge in [0.2, 0.25) is 0 Å². The first kappa shape index (κ1) is 12.0. The number of rotatable bonds is 4. The Balaban J connectivity index is 2.85. The van der Waals surface area contributed by atoms with Crippen molar-refractivity contribution in [1.29, 1.82) is 0 Å². The summed E-state index contributed by atoms with van der Waals surface area (Å²) in [5, 5.41) is 17.8. The Morgan fingerprint density at radius 2 is 2.27 bits per heavy atom. The van der Waals surface area contributed by atoms with Crippen molar-refractivity contribution in [2.45, 2.75) is 13.0 Å². The molecule has 0 aliphatic heterocycles. The SMILES string of the molecule is CC(O)COc1cc(C(=O)O)ccc1Br. The largest absolute Gasteiger partial charge is 0.490 e. The predicted molar refractivity (Wildman–Crippen MR) is 58.3 cm³/mol. The number of aliphatic hydroxyl groups is 1. The highest BCUT2D eigenvalue weighted by molar-refractivity contribution is 9.10. The molecule has 0 aliphatic carbocycles. The summed E-state index contributed by atoms with van der Waals surface area (Å²) in [6, 6.07) is 4.48. The smallest absolute Gasteiger partial charge is 0.335 e. The molecule has 0 saturated heterocycles. The van der Waals surface area contributed by atoms with Crippen LogP contribution in [-0.4, -0.2) is 28.9 Å². The molecule has 1 aromatic rings. The van der Waals surface area contributed by atoms with Gasteiger partial charge >= 0.3 is 5.97 Å². The second-order valence-electron chi connectivity index (χ2n) is 3.11. The number of aromatic carboxylic acids is 1. The molecule has 0 fully saturated rings. The van der Waals surface area contributed by atoms with E-state index in [1.807, 2.05) is 0 Å². The van der Waals surface area contributed by atoms with Gasteiger partial charge in [0.05, 0.1) is 16.1 Å². The molecular weight excluding hydrogens is 264 g/mol. The number of carbonyl (C=O) groups is 1. The van der Waals surface area contributed by atoms with E-state index < -0.39 is 12.1 Å². The van der Waals surface area contributed by atoms with Crippen molar-refractivity contribution in [2.75, 3.05) is 6.61 Å². The lowest BCUT2D eigenvalue weighted by Crippen LogP contribution is -2.13. The van der Waals surface area contributed by atoms with Crippen molar-refractivity contribution in [1.82, 2.24) is 0 Å². The molecule has 2 N–H and O–H groups in total. The number of benzene rings is 1. The molecule has 1 atom stereocenters. The van der Waals surface area contributed by atoms with Gasteiger partial charge in [0, 0.05) is 0 Å². The third-order valence-corrected chi connectivity index (χ3v) is 2.31. The van der Waals surface area contributed by atoms with Gasteiger partial charge < -0.3 is 14.9 Å². The Labute approximate surface area is 95.6 Å². The second kappa shape index (κ2) is 5.14. The first-order valence-electron chi connectivity index (χ1n) is 4.34. The normalized spacial score (nSPS) is 12.2. The number of hydrogen-bond acceptors (Lipinski definition) is 3. The molecule has 0 radical (unpaired) electrons. The van der Waals surface area contributed by atoms with Crippen LogP contribution in [-0.2, 0) is 0 Å². The van der Waals surface area contributed by atoms with E-state index in [0.717, 1.165) is 0 Å². The highest BCUT2D eigenvalue weighted by atomic mass is 79.9. The average Bonchev–Trinajstić information content (AvgIpc) is 2.16. The Kier molecular flexibility index (Phi) is 4.11. The zero-order chi connectivity index (χ0) is 11.4. The van der Waals surface area contributed by atoms with E-state index in [9.17, 15) is 4.79 Å². The first-order valence-corrected chi connectivity index (χ1v) is 5.13. The monoisotopic (exact) mass is 274 g/mol. The van der Waals surface area contributed by atoms with E-state index in [0.29, 0.717) is 10.2 Å². The van der Waals surface area contributed by atoms with Gasteiger partial charge in [-0.15, -0.1) is 0 Å². The van der Waals surface area contributed by atoms with Crippen LogP contribution in [0.25, 0.3) is 0 Å². The molecule has 0 heterocycles. The molecule has 1 aromatic carbocycles. The highest BCUT2D eigenvalue weighted by Crippen LogP contribution is 2.26. The van der Waals surface area contributed by atoms with Gasteiger partial charge in [0.1, 0.15) is 12.4 Å². The molecule has 15 heavy (non-hydrogen) atoms. The molecular formula is C10H11BrO4. The van der Waals surface area contributed by atoms with Crippen LogP contribution in [0.1, 0.15) is 17.3 Å². The van der Waals surface area contributed by atoms with Gasteiger partial charge in [-0.05, 0) is 41.1 Å². The van der Waals surface area contributed by atoms with E-state index in [1.54, 1.807) is 13.0 Å². The Morgan fingerprint density at radius 3 is 2.80 bits per heavy atom. The molecule has 1 unspecified atom stereocenters. The maximum Gasteiger partial charge on any atom is 0.335 e. The van der Waals surface area contributed by atoms with Crippen molar-refractivity contribution in [2.24, 2.45) is 0 Å². The van der Waals surface area contributed by atoms with Gasteiger partial charge in [-0.2, -0.15) is 0 Å². The van der Waals surface area contributed by atoms with Gasteiger partial charge in [-0.1, -0.05) is 0 Å². The summed E-state index contributed by atoms with van der Waals surface area (Å²) in [5.41, 5.74) is 0.152. The zero-order valence-corrected chi connectivity index (χ0v) is 9.69. The minimum absolute atomic E-state index is 0.127. The Morgan fingerprint density at radius 1 is 1.60 bits per heavy atom. The summed E-state index contributed by atoms with van der Waals surface area (Å²) in [4.78, 5) is 10.7. The molecule has 0 aromatic heterocycles. The van der Waals surface area contributed by atoms with Crippen LogP contribution >= 0.6 is 15.9 Å². The summed E-state index contributed by atoms with van der Waals surface area (Å²) in [6.07, 6.45) is -0.592. The predicted octanol–water partition coefficient (Wildman–Crippen LogP) is 1.91. The number of carboxylic acids is 1. The lowest BCUT2D eigenvalue weighted by Gasteiger charge is -2.10. The average molecular weight is 275 g/mol. The lowest BCUT2D eigenvalue weighted by atomic mass is 10.2. The third kappa shape index (κ3) is 3.53. The molecule has 0 aliphatic rings. The van der Waals surface area contributed by atoms with Gasteiger partial charge in [-0.25, -0.2) is 4.79 Å². The minimum Gasteiger partial charge on any atom is -0.490 e. The Hall–Kier alpha value is -1.07. The van der Waals surface area contributed by atoms with Gasteiger partial charge in [-0.3, -0.25) is 0 Å². The Bertz CT molecular complexity index is 362. The van der Waals surface area contributed by atoms with E-state index in [-0.39, 0.29) is 12.2 Å². The number of aliphatic hydroxyl groups excluding tert-OH is 1. The van der Waals surface area contributed by atoms with Crippen molar-refractivity contribution in [3.8, 4) is 5.75 Å². The quantitative estimate of drug-likeness (QED) is 0.880. The number of ether oxygens (including phenoxy) is 1. The molecule has 4 nitrogen and oxygen atoms in total. The maximum atomic E-state index is 10.7. The van der Waals surface area contributed by atoms with Gasteiger partial charge in [0.25, 0.3) is 0 Å². The van der Waals surface area contributed by atoms with Crippen LogP contribution in [0.4, 0.5) is 0 Å². The molecule has 5 heteroatoms. The topological polar surface area (TPSA) is 66.8 Å². The van der Waals surface area contributed by atoms with Crippen LogP contribution in [0.15, 0.2) is 22.7 Å². The van der Waals surface area contributed by atoms with Crippen LogP contribution in [0, 0.1) is 0 Å². The molecule has 0 spiro atoms. The lowest BCUT2D eigenvalue weighted by molar-refractivity contribution is 0.0696. The van der Waals surface area contributed by atoms with Crippen molar-refractivity contribution < 1.29 is 19.7 Å². The van der Waals surface area contributed by atoms with Gasteiger partial charge in [0.15, 0.2) is 0 Å². The summed E-state index contributed by atoms with van der Waals surface area (Å²) >= 11 is 3.23. The number of halogens is 1. The van der Waals surface area contributed by atoms with Crippen LogP contribution in [0.5, 0.6) is 5.75 Å². The standard InChI is InChI=1S/C10H11BrO4/c1-6(12)5-15-9-4-7(10(13)14)2-3-8(9)11/h2-4,6,12H,5H2,1H3,(H,13,14). The maximum absolute atomic E-state index is 10.7. The zero-order valence-electron chi connectivity index (χ0n) is 8.11. The molecule has 82 valence electrons. The summed E-state index contributed by atoms with van der Waals surface area (Å²) < 4.78 is 5.89. The van der Waals surface area contributed by atoms with E-state index in [4.69, 9.17) is 14.9 Å². The van der Waals surface area contributed by atoms with Crippen LogP contribution in [0.2, 0.25) is 0 Å². The summed E-state index contributed by atoms with van der Waals surface area (Å²) in [6.45, 7) is 1.72. The van der Waals surface area contributed by atoms with Crippen LogP contribution < -0.4 is 4.74 Å². The molecule has 0 bridgehead atoms. The fraction of sp³-hybridized carbons (Fsp3) is 0.300. The third-order valence-electron chi connectivity index (χ3n) is 1.66. The van der Waals surface area contributed by atoms with Crippen LogP contribution in [0.3, 0.4) is 0 Å². The highest BCUT2D eigenvalue weighted by Gasteiger charge is 2.08. The number of hydrogen-bond donors (Lipinski definition) is 2. The van der Waals surface area contributed by atoms with E-state index in [1.165, 1.54) is 12.1 Å². The summed E-state index contributed by atoms with van der Waals surface area (Å²) in [5.74, 6) is -0.597. The summed E-state index contributed by atoms with van der Waals surface area (Å²) in [7, 11) is 0. The molecule has 1 rings (SSSR count). The first-order chi connectivity index (χ1) is 7.00. The molecule has 0 amide bonds. The molecule has 0 saturated carbocycles. The minimum atomic E-state index is -1.01. The second-order valence-corrected chi connectivity index (χ2v) is 3.96. The fourth-order valence-corrected chi connectivity index (χ4v) is 1.32. The number of carboxylic acid groups (broad SMARTS) is 1. The van der Waals surface area contributed by atoms with E-state index in [2.05, 4.69) is 15.9 Å².